The highest BCUT2D eigenvalue weighted by molar-refractivity contribution is 5.90. The molecule has 4 aromatic rings. The molecule has 1 atom stereocenters. The van der Waals surface area contributed by atoms with E-state index in [0.29, 0.717) is 18.3 Å². The number of nitrogens with one attached hydrogen (secondary N) is 2. The Labute approximate surface area is 180 Å². The van der Waals surface area contributed by atoms with E-state index in [2.05, 4.69) is 15.7 Å². The molecular formula is C23H24N6O2. The summed E-state index contributed by atoms with van der Waals surface area (Å²) in [7, 11) is 1.65. The molecule has 0 radical (unpaired) electrons. The van der Waals surface area contributed by atoms with Crippen LogP contribution in [0.2, 0.25) is 0 Å². The molecule has 31 heavy (non-hydrogen) atoms. The van der Waals surface area contributed by atoms with E-state index in [1.165, 1.54) is 0 Å². The van der Waals surface area contributed by atoms with Crippen LogP contribution in [0.4, 0.5) is 17.5 Å². The summed E-state index contributed by atoms with van der Waals surface area (Å²) in [5.41, 5.74) is 2.57. The van der Waals surface area contributed by atoms with Gasteiger partial charge in [-0.3, -0.25) is 0 Å². The molecule has 0 spiro atoms. The van der Waals surface area contributed by atoms with E-state index in [0.717, 1.165) is 47.6 Å². The third-order valence-electron chi connectivity index (χ3n) is 5.29. The number of benzene rings is 2. The number of para-hydroxylation sites is 1. The predicted molar refractivity (Wildman–Crippen MR) is 120 cm³/mol. The maximum atomic E-state index is 5.72. The van der Waals surface area contributed by atoms with Gasteiger partial charge in [-0.1, -0.05) is 18.2 Å². The summed E-state index contributed by atoms with van der Waals surface area (Å²) >= 11 is 0. The van der Waals surface area contributed by atoms with Gasteiger partial charge in [0.15, 0.2) is 5.65 Å². The molecule has 8 heteroatoms. The summed E-state index contributed by atoms with van der Waals surface area (Å²) in [6.45, 7) is 1.49. The summed E-state index contributed by atoms with van der Waals surface area (Å²) < 4.78 is 12.8. The van der Waals surface area contributed by atoms with E-state index < -0.39 is 0 Å². The molecule has 1 aliphatic rings. The van der Waals surface area contributed by atoms with Crippen molar-refractivity contribution in [3.63, 3.8) is 0 Å². The van der Waals surface area contributed by atoms with Gasteiger partial charge in [0.05, 0.1) is 30.5 Å². The fourth-order valence-electron chi connectivity index (χ4n) is 3.66. The van der Waals surface area contributed by atoms with Crippen LogP contribution in [0.1, 0.15) is 12.8 Å². The summed E-state index contributed by atoms with van der Waals surface area (Å²) in [6, 6.07) is 17.7. The first-order valence-electron chi connectivity index (χ1n) is 10.4. The maximum absolute atomic E-state index is 5.72. The Bertz CT molecular complexity index is 1150. The van der Waals surface area contributed by atoms with E-state index in [-0.39, 0.29) is 6.10 Å². The van der Waals surface area contributed by atoms with Crippen molar-refractivity contribution in [2.24, 2.45) is 0 Å². The molecule has 0 bridgehead atoms. The molecule has 0 aliphatic carbocycles. The first-order valence-corrected chi connectivity index (χ1v) is 10.4. The van der Waals surface area contributed by atoms with Gasteiger partial charge in [0.2, 0.25) is 5.95 Å². The molecule has 158 valence electrons. The van der Waals surface area contributed by atoms with Gasteiger partial charge in [0.1, 0.15) is 11.6 Å². The minimum atomic E-state index is 0.191. The van der Waals surface area contributed by atoms with E-state index >= 15 is 0 Å². The standard InChI is InChI=1S/C23H24N6O2/c1-30-18-11-9-16(10-12-18)26-21-20-15-25-29(17-6-3-2-4-7-17)22(20)28-23(27-21)24-14-19-8-5-13-31-19/h2-4,6-7,9-12,15,19H,5,8,13-14H2,1H3,(H2,24,26,27,28). The van der Waals surface area contributed by atoms with Crippen molar-refractivity contribution in [2.45, 2.75) is 18.9 Å². The lowest BCUT2D eigenvalue weighted by atomic mass is 10.2. The van der Waals surface area contributed by atoms with Crippen LogP contribution in [0.3, 0.4) is 0 Å². The van der Waals surface area contributed by atoms with Gasteiger partial charge in [-0.25, -0.2) is 4.68 Å². The van der Waals surface area contributed by atoms with Gasteiger partial charge >= 0.3 is 0 Å². The molecule has 2 N–H and O–H groups in total. The first-order chi connectivity index (χ1) is 15.3. The van der Waals surface area contributed by atoms with Crippen molar-refractivity contribution in [1.82, 2.24) is 19.7 Å². The molecule has 1 saturated heterocycles. The Morgan fingerprint density at radius 3 is 2.68 bits per heavy atom. The van der Waals surface area contributed by atoms with Gasteiger partial charge < -0.3 is 20.1 Å². The van der Waals surface area contributed by atoms with Crippen LogP contribution in [0.5, 0.6) is 5.75 Å². The third kappa shape index (κ3) is 4.15. The van der Waals surface area contributed by atoms with Crippen LogP contribution in [0.25, 0.3) is 16.7 Å². The number of hydrogen-bond donors (Lipinski definition) is 2. The van der Waals surface area contributed by atoms with Crippen molar-refractivity contribution < 1.29 is 9.47 Å². The number of rotatable bonds is 7. The summed E-state index contributed by atoms with van der Waals surface area (Å²) in [5.74, 6) is 2.03. The Morgan fingerprint density at radius 2 is 1.94 bits per heavy atom. The molecule has 2 aromatic heterocycles. The number of ether oxygens (including phenoxy) is 2. The number of fused-ring (bicyclic) bond motifs is 1. The lowest BCUT2D eigenvalue weighted by Gasteiger charge is -2.13. The average molecular weight is 416 g/mol. The molecule has 8 nitrogen and oxygen atoms in total. The van der Waals surface area contributed by atoms with Crippen molar-refractivity contribution in [3.8, 4) is 11.4 Å². The third-order valence-corrected chi connectivity index (χ3v) is 5.29. The van der Waals surface area contributed by atoms with Crippen molar-refractivity contribution in [2.75, 3.05) is 30.9 Å². The smallest absolute Gasteiger partial charge is 0.226 e. The van der Waals surface area contributed by atoms with Gasteiger partial charge in [-0.15, -0.1) is 0 Å². The van der Waals surface area contributed by atoms with Crippen LogP contribution in [-0.2, 0) is 4.74 Å². The lowest BCUT2D eigenvalue weighted by molar-refractivity contribution is 0.120. The molecule has 0 amide bonds. The Kier molecular flexibility index (Phi) is 5.37. The number of methoxy groups -OCH3 is 1. The monoisotopic (exact) mass is 416 g/mol. The van der Waals surface area contributed by atoms with Crippen LogP contribution in [0, 0.1) is 0 Å². The number of hydrogen-bond acceptors (Lipinski definition) is 7. The predicted octanol–water partition coefficient (Wildman–Crippen LogP) is 4.16. The van der Waals surface area contributed by atoms with E-state index in [4.69, 9.17) is 19.4 Å². The zero-order valence-electron chi connectivity index (χ0n) is 17.3. The quantitative estimate of drug-likeness (QED) is 0.468. The topological polar surface area (TPSA) is 86.1 Å². The van der Waals surface area contributed by atoms with Crippen LogP contribution >= 0.6 is 0 Å². The van der Waals surface area contributed by atoms with Crippen LogP contribution in [0.15, 0.2) is 60.8 Å². The SMILES string of the molecule is COc1ccc(Nc2nc(NCC3CCCO3)nc3c2cnn3-c2ccccc2)cc1. The maximum Gasteiger partial charge on any atom is 0.226 e. The lowest BCUT2D eigenvalue weighted by Crippen LogP contribution is -2.20. The first kappa shape index (κ1) is 19.3. The largest absolute Gasteiger partial charge is 0.497 e. The Hall–Kier alpha value is -3.65. The van der Waals surface area contributed by atoms with Crippen molar-refractivity contribution >= 4 is 28.5 Å². The molecule has 1 unspecified atom stereocenters. The van der Waals surface area contributed by atoms with Crippen LogP contribution < -0.4 is 15.4 Å². The highest BCUT2D eigenvalue weighted by Gasteiger charge is 2.18. The highest BCUT2D eigenvalue weighted by Crippen LogP contribution is 2.28. The summed E-state index contributed by atoms with van der Waals surface area (Å²) in [4.78, 5) is 9.50. The van der Waals surface area contributed by atoms with Gasteiger partial charge in [-0.2, -0.15) is 15.1 Å². The van der Waals surface area contributed by atoms with Crippen LogP contribution in [-0.4, -0.2) is 46.1 Å². The molecular weight excluding hydrogens is 392 g/mol. The molecule has 1 fully saturated rings. The molecule has 5 rings (SSSR count). The second kappa shape index (κ2) is 8.61. The van der Waals surface area contributed by atoms with Crippen molar-refractivity contribution in [3.05, 3.63) is 60.8 Å². The second-order valence-electron chi connectivity index (χ2n) is 7.39. The zero-order valence-corrected chi connectivity index (χ0v) is 17.3. The summed E-state index contributed by atoms with van der Waals surface area (Å²) in [5, 5.41) is 12.2. The van der Waals surface area contributed by atoms with E-state index in [1.807, 2.05) is 59.3 Å². The minimum Gasteiger partial charge on any atom is -0.497 e. The fraction of sp³-hybridized carbons (Fsp3) is 0.261. The normalized spacial score (nSPS) is 15.8. The Balaban J connectivity index is 1.52. The molecule has 3 heterocycles. The fourth-order valence-corrected chi connectivity index (χ4v) is 3.66. The van der Waals surface area contributed by atoms with Gasteiger partial charge in [0, 0.05) is 18.8 Å². The number of anilines is 3. The molecule has 2 aromatic carbocycles. The number of nitrogens with zero attached hydrogens (tertiary/aromatic N) is 4. The van der Waals surface area contributed by atoms with Gasteiger partial charge in [-0.05, 0) is 49.2 Å². The average Bonchev–Trinajstić information content (AvgIpc) is 3.49. The van der Waals surface area contributed by atoms with Gasteiger partial charge in [0.25, 0.3) is 0 Å². The number of aromatic nitrogens is 4. The Morgan fingerprint density at radius 1 is 1.10 bits per heavy atom. The molecule has 0 saturated carbocycles. The minimum absolute atomic E-state index is 0.191. The van der Waals surface area contributed by atoms with E-state index in [1.54, 1.807) is 13.3 Å². The highest BCUT2D eigenvalue weighted by atomic mass is 16.5. The van der Waals surface area contributed by atoms with E-state index in [9.17, 15) is 0 Å². The van der Waals surface area contributed by atoms with Crippen molar-refractivity contribution in [1.29, 1.82) is 0 Å². The zero-order chi connectivity index (χ0) is 21.0. The molecule has 1 aliphatic heterocycles. The second-order valence-corrected chi connectivity index (χ2v) is 7.39. The summed E-state index contributed by atoms with van der Waals surface area (Å²) in [6.07, 6.45) is 4.13.